The summed E-state index contributed by atoms with van der Waals surface area (Å²) in [7, 11) is 0. The van der Waals surface area contributed by atoms with Gasteiger partial charge in [-0.05, 0) is 18.1 Å². The van der Waals surface area contributed by atoms with Crippen LogP contribution in [0.3, 0.4) is 0 Å². The summed E-state index contributed by atoms with van der Waals surface area (Å²) in [5, 5.41) is 0. The molecule has 0 N–H and O–H groups in total. The lowest BCUT2D eigenvalue weighted by atomic mass is 10.1. The molecule has 1 aliphatic rings. The average molecular weight is 271 g/mol. The van der Waals surface area contributed by atoms with E-state index in [9.17, 15) is 22.8 Å². The first-order valence-electron chi connectivity index (χ1n) is 5.81. The van der Waals surface area contributed by atoms with Gasteiger partial charge in [0, 0.05) is 13.0 Å². The van der Waals surface area contributed by atoms with Crippen LogP contribution in [0, 0.1) is 5.92 Å². The minimum absolute atomic E-state index is 0.216. The fraction of sp³-hybridized carbons (Fsp3) is 0.385. The van der Waals surface area contributed by atoms with Gasteiger partial charge in [0.2, 0.25) is 0 Å². The molecule has 1 aliphatic heterocycles. The second-order valence-corrected chi connectivity index (χ2v) is 4.69. The van der Waals surface area contributed by atoms with Crippen molar-refractivity contribution in [3.8, 4) is 0 Å². The fourth-order valence-electron chi connectivity index (χ4n) is 2.18. The fourth-order valence-corrected chi connectivity index (χ4v) is 2.18. The molecule has 0 spiro atoms. The molecule has 0 aromatic heterocycles. The average Bonchev–Trinajstić information content (AvgIpc) is 2.53. The van der Waals surface area contributed by atoms with E-state index in [4.69, 9.17) is 0 Å². The second kappa shape index (κ2) is 4.68. The maximum atomic E-state index is 12.2. The van der Waals surface area contributed by atoms with E-state index in [0.717, 1.165) is 4.90 Å². The van der Waals surface area contributed by atoms with Crippen molar-refractivity contribution in [1.82, 2.24) is 4.90 Å². The SMILES string of the molecule is CC(CN1C(=O)c2ccccc2C1=O)CC(F)(F)F. The molecule has 0 saturated heterocycles. The van der Waals surface area contributed by atoms with Crippen molar-refractivity contribution in [3.05, 3.63) is 35.4 Å². The highest BCUT2D eigenvalue weighted by Gasteiger charge is 2.38. The lowest BCUT2D eigenvalue weighted by molar-refractivity contribution is -0.143. The number of imide groups is 1. The lowest BCUT2D eigenvalue weighted by Gasteiger charge is -2.20. The van der Waals surface area contributed by atoms with E-state index in [-0.39, 0.29) is 17.7 Å². The molecule has 2 amide bonds. The van der Waals surface area contributed by atoms with Crippen LogP contribution in [0.5, 0.6) is 0 Å². The van der Waals surface area contributed by atoms with Gasteiger partial charge in [-0.2, -0.15) is 13.2 Å². The van der Waals surface area contributed by atoms with E-state index in [1.807, 2.05) is 0 Å². The summed E-state index contributed by atoms with van der Waals surface area (Å²) in [6.07, 6.45) is -5.31. The number of fused-ring (bicyclic) bond motifs is 1. The highest BCUT2D eigenvalue weighted by atomic mass is 19.4. The van der Waals surface area contributed by atoms with E-state index in [0.29, 0.717) is 0 Å². The summed E-state index contributed by atoms with van der Waals surface area (Å²) in [6, 6.07) is 6.24. The van der Waals surface area contributed by atoms with Gasteiger partial charge in [-0.15, -0.1) is 0 Å². The maximum absolute atomic E-state index is 12.2. The number of hydrogen-bond donors (Lipinski definition) is 0. The maximum Gasteiger partial charge on any atom is 0.389 e. The van der Waals surface area contributed by atoms with Gasteiger partial charge in [-0.1, -0.05) is 19.1 Å². The van der Waals surface area contributed by atoms with Gasteiger partial charge in [0.15, 0.2) is 0 Å². The Morgan fingerprint density at radius 1 is 1.11 bits per heavy atom. The second-order valence-electron chi connectivity index (χ2n) is 4.69. The smallest absolute Gasteiger partial charge is 0.274 e. The Labute approximate surface area is 108 Å². The van der Waals surface area contributed by atoms with Crippen LogP contribution in [0.25, 0.3) is 0 Å². The summed E-state index contributed by atoms with van der Waals surface area (Å²) >= 11 is 0. The number of nitrogens with zero attached hydrogens (tertiary/aromatic N) is 1. The summed E-state index contributed by atoms with van der Waals surface area (Å²) in [6.45, 7) is 1.16. The number of amides is 2. The third-order valence-electron chi connectivity index (χ3n) is 2.95. The number of carbonyl (C=O) groups excluding carboxylic acids is 2. The first-order valence-corrected chi connectivity index (χ1v) is 5.81. The van der Waals surface area contributed by atoms with Crippen molar-refractivity contribution in [2.45, 2.75) is 19.5 Å². The number of benzene rings is 1. The number of hydrogen-bond acceptors (Lipinski definition) is 2. The van der Waals surface area contributed by atoms with Crippen LogP contribution in [0.2, 0.25) is 0 Å². The molecule has 1 aromatic rings. The van der Waals surface area contributed by atoms with E-state index >= 15 is 0 Å². The van der Waals surface area contributed by atoms with E-state index in [1.165, 1.54) is 19.1 Å². The van der Waals surface area contributed by atoms with Crippen molar-refractivity contribution in [2.75, 3.05) is 6.54 Å². The Morgan fingerprint density at radius 2 is 1.58 bits per heavy atom. The van der Waals surface area contributed by atoms with E-state index < -0.39 is 30.3 Å². The molecule has 1 unspecified atom stereocenters. The van der Waals surface area contributed by atoms with Crippen molar-refractivity contribution in [1.29, 1.82) is 0 Å². The zero-order valence-electron chi connectivity index (χ0n) is 10.2. The van der Waals surface area contributed by atoms with Gasteiger partial charge in [-0.25, -0.2) is 0 Å². The van der Waals surface area contributed by atoms with Crippen molar-refractivity contribution < 1.29 is 22.8 Å². The van der Waals surface area contributed by atoms with E-state index in [2.05, 4.69) is 0 Å². The van der Waals surface area contributed by atoms with Gasteiger partial charge >= 0.3 is 6.18 Å². The molecule has 0 bridgehead atoms. The Bertz CT molecular complexity index is 490. The van der Waals surface area contributed by atoms with Crippen LogP contribution in [0.1, 0.15) is 34.1 Å². The summed E-state index contributed by atoms with van der Waals surface area (Å²) < 4.78 is 36.7. The molecule has 0 radical (unpaired) electrons. The molecule has 19 heavy (non-hydrogen) atoms. The molecular formula is C13H12F3NO2. The van der Waals surface area contributed by atoms with E-state index in [1.54, 1.807) is 12.1 Å². The molecule has 3 nitrogen and oxygen atoms in total. The number of alkyl halides is 3. The lowest BCUT2D eigenvalue weighted by Crippen LogP contribution is -2.35. The molecule has 2 rings (SSSR count). The Kier molecular flexibility index (Phi) is 3.34. The minimum Gasteiger partial charge on any atom is -0.274 e. The van der Waals surface area contributed by atoms with Gasteiger partial charge in [0.1, 0.15) is 0 Å². The number of rotatable bonds is 3. The number of halogens is 3. The molecule has 0 aliphatic carbocycles. The summed E-state index contributed by atoms with van der Waals surface area (Å²) in [5.41, 5.74) is 0.512. The Hall–Kier alpha value is -1.85. The predicted molar refractivity (Wildman–Crippen MR) is 61.6 cm³/mol. The molecule has 0 fully saturated rings. The topological polar surface area (TPSA) is 37.4 Å². The highest BCUT2D eigenvalue weighted by Crippen LogP contribution is 2.28. The zero-order valence-corrected chi connectivity index (χ0v) is 10.2. The van der Waals surface area contributed by atoms with Gasteiger partial charge in [0.25, 0.3) is 11.8 Å². The molecule has 1 heterocycles. The van der Waals surface area contributed by atoms with Crippen LogP contribution in [0.4, 0.5) is 13.2 Å². The molecule has 1 aromatic carbocycles. The monoisotopic (exact) mass is 271 g/mol. The van der Waals surface area contributed by atoms with Crippen LogP contribution >= 0.6 is 0 Å². The van der Waals surface area contributed by atoms with Crippen LogP contribution in [0.15, 0.2) is 24.3 Å². The zero-order chi connectivity index (χ0) is 14.2. The standard InChI is InChI=1S/C13H12F3NO2/c1-8(6-13(14,15)16)7-17-11(18)9-4-2-3-5-10(9)12(17)19/h2-5,8H,6-7H2,1H3. The predicted octanol–water partition coefficient (Wildman–Crippen LogP) is 2.87. The normalized spacial score (nSPS) is 16.7. The first-order chi connectivity index (χ1) is 8.79. The molecule has 0 saturated carbocycles. The van der Waals surface area contributed by atoms with Crippen molar-refractivity contribution in [2.24, 2.45) is 5.92 Å². The quantitative estimate of drug-likeness (QED) is 0.793. The summed E-state index contributed by atoms with van der Waals surface area (Å²) in [5.74, 6) is -1.86. The first kappa shape index (κ1) is 13.6. The number of carbonyl (C=O) groups is 2. The molecule has 102 valence electrons. The van der Waals surface area contributed by atoms with Gasteiger partial charge in [-0.3, -0.25) is 14.5 Å². The third kappa shape index (κ3) is 2.77. The minimum atomic E-state index is -4.29. The van der Waals surface area contributed by atoms with Crippen LogP contribution in [-0.4, -0.2) is 29.4 Å². The van der Waals surface area contributed by atoms with Gasteiger partial charge < -0.3 is 0 Å². The van der Waals surface area contributed by atoms with Gasteiger partial charge in [0.05, 0.1) is 11.1 Å². The van der Waals surface area contributed by atoms with Crippen molar-refractivity contribution >= 4 is 11.8 Å². The molecule has 6 heteroatoms. The Morgan fingerprint density at radius 3 is 2.00 bits per heavy atom. The third-order valence-corrected chi connectivity index (χ3v) is 2.95. The largest absolute Gasteiger partial charge is 0.389 e. The highest BCUT2D eigenvalue weighted by molar-refractivity contribution is 6.21. The summed E-state index contributed by atoms with van der Waals surface area (Å²) in [4.78, 5) is 24.8. The van der Waals surface area contributed by atoms with Crippen LogP contribution in [-0.2, 0) is 0 Å². The van der Waals surface area contributed by atoms with Crippen molar-refractivity contribution in [3.63, 3.8) is 0 Å². The molecule has 1 atom stereocenters. The Balaban J connectivity index is 2.12. The molecular weight excluding hydrogens is 259 g/mol. The van der Waals surface area contributed by atoms with Crippen LogP contribution < -0.4 is 0 Å².